The summed E-state index contributed by atoms with van der Waals surface area (Å²) in [5, 5.41) is -1.29. The fourth-order valence-corrected chi connectivity index (χ4v) is 6.54. The molecule has 1 aliphatic carbocycles. The van der Waals surface area contributed by atoms with Gasteiger partial charge in [-0.05, 0) is 84.2 Å². The highest BCUT2D eigenvalue weighted by Gasteiger charge is 2.37. The Labute approximate surface area is 265 Å². The molecule has 0 amide bonds. The van der Waals surface area contributed by atoms with E-state index >= 15 is 0 Å². The standard InChI is InChI=1S/C41H28O/c1-41(2)34-19-9-7-17-31(34)40-32(18-11-20-35(40)41)39-29-15-5-3-13-27(29)38(28-14-4-6-16-30(28)39)25-22-23-37-33(24-25)26-12-8-10-21-36(26)42-37/h3-24H,1-2H3/i3D,4D,5D,6D,8D,10D,12D,13D,14D,15D,16D,21D,22D,23D,24D. The van der Waals surface area contributed by atoms with Crippen LogP contribution in [0.5, 0.6) is 0 Å². The molecule has 1 heterocycles. The van der Waals surface area contributed by atoms with Crippen LogP contribution in [0.2, 0.25) is 0 Å². The number of benzene rings is 7. The Bertz CT molecular complexity index is 3140. The van der Waals surface area contributed by atoms with Gasteiger partial charge in [-0.2, -0.15) is 0 Å². The van der Waals surface area contributed by atoms with Gasteiger partial charge in [-0.1, -0.05) is 129 Å². The summed E-state index contributed by atoms with van der Waals surface area (Å²) >= 11 is 0. The fraction of sp³-hybridized carbons (Fsp3) is 0.0732. The Morgan fingerprint density at radius 2 is 1.07 bits per heavy atom. The van der Waals surface area contributed by atoms with Gasteiger partial charge in [0.2, 0.25) is 0 Å². The third-order valence-electron chi connectivity index (χ3n) is 8.39. The number of furan rings is 1. The first-order chi connectivity index (χ1) is 26.9. The van der Waals surface area contributed by atoms with Crippen LogP contribution in [0.25, 0.3) is 76.9 Å². The number of para-hydroxylation sites is 1. The lowest BCUT2D eigenvalue weighted by molar-refractivity contribution is 0.660. The summed E-state index contributed by atoms with van der Waals surface area (Å²) < 4.78 is 141. The maximum atomic E-state index is 9.64. The molecule has 7 aromatic carbocycles. The van der Waals surface area contributed by atoms with E-state index in [1.54, 1.807) is 12.1 Å². The first-order valence-corrected chi connectivity index (χ1v) is 13.5. The van der Waals surface area contributed by atoms with Gasteiger partial charge in [-0.3, -0.25) is 0 Å². The van der Waals surface area contributed by atoms with E-state index in [9.17, 15) is 8.22 Å². The molecule has 9 rings (SSSR count). The summed E-state index contributed by atoms with van der Waals surface area (Å²) in [4.78, 5) is 0. The molecule has 0 atom stereocenters. The van der Waals surface area contributed by atoms with Crippen molar-refractivity contribution >= 4 is 43.5 Å². The molecule has 0 fully saturated rings. The first kappa shape index (κ1) is 13.2. The summed E-state index contributed by atoms with van der Waals surface area (Å²) in [6.07, 6.45) is 0. The van der Waals surface area contributed by atoms with Gasteiger partial charge in [0.1, 0.15) is 11.2 Å². The van der Waals surface area contributed by atoms with Crippen LogP contribution in [0.1, 0.15) is 45.5 Å². The average molecular weight is 552 g/mol. The summed E-state index contributed by atoms with van der Waals surface area (Å²) in [5.41, 5.74) is 1.93. The molecule has 8 aromatic rings. The van der Waals surface area contributed by atoms with Crippen LogP contribution in [0.3, 0.4) is 0 Å². The van der Waals surface area contributed by atoms with Gasteiger partial charge in [0.05, 0.1) is 20.6 Å². The van der Waals surface area contributed by atoms with Crippen molar-refractivity contribution in [1.82, 2.24) is 0 Å². The van der Waals surface area contributed by atoms with Crippen LogP contribution >= 0.6 is 0 Å². The maximum Gasteiger partial charge on any atom is 0.135 e. The second-order valence-electron chi connectivity index (χ2n) is 10.9. The maximum absolute atomic E-state index is 9.64. The Morgan fingerprint density at radius 3 is 1.81 bits per heavy atom. The molecule has 0 aliphatic heterocycles. The van der Waals surface area contributed by atoms with Crippen molar-refractivity contribution in [3.63, 3.8) is 0 Å². The van der Waals surface area contributed by atoms with E-state index in [1.165, 1.54) is 0 Å². The highest BCUT2D eigenvalue weighted by Crippen LogP contribution is 2.54. The van der Waals surface area contributed by atoms with Gasteiger partial charge in [0, 0.05) is 16.2 Å². The Morgan fingerprint density at radius 1 is 0.500 bits per heavy atom. The molecule has 1 heteroatoms. The summed E-state index contributed by atoms with van der Waals surface area (Å²) in [7, 11) is 0. The number of fused-ring (bicyclic) bond motifs is 8. The molecule has 0 spiro atoms. The molecule has 42 heavy (non-hydrogen) atoms. The van der Waals surface area contributed by atoms with Gasteiger partial charge in [-0.15, -0.1) is 0 Å². The van der Waals surface area contributed by atoms with Crippen molar-refractivity contribution in [2.45, 2.75) is 19.3 Å². The zero-order valence-electron chi connectivity index (χ0n) is 37.4. The quantitative estimate of drug-likeness (QED) is 0.195. The van der Waals surface area contributed by atoms with Crippen molar-refractivity contribution in [2.24, 2.45) is 0 Å². The zero-order chi connectivity index (χ0) is 41.1. The van der Waals surface area contributed by atoms with Crippen LogP contribution < -0.4 is 0 Å². The van der Waals surface area contributed by atoms with Crippen LogP contribution in [-0.4, -0.2) is 0 Å². The lowest BCUT2D eigenvalue weighted by Crippen LogP contribution is -2.14. The minimum atomic E-state index is -0.687. The van der Waals surface area contributed by atoms with E-state index in [0.29, 0.717) is 11.1 Å². The third kappa shape index (κ3) is 3.08. The molecular formula is C41H28O. The molecule has 0 N–H and O–H groups in total. The fourth-order valence-electron chi connectivity index (χ4n) is 6.54. The predicted octanol–water partition coefficient (Wildman–Crippen LogP) is 11.5. The number of hydrogen-bond donors (Lipinski definition) is 0. The number of rotatable bonds is 2. The molecule has 1 aliphatic rings. The minimum absolute atomic E-state index is 0.0974. The molecule has 0 saturated heterocycles. The van der Waals surface area contributed by atoms with Crippen molar-refractivity contribution in [2.75, 3.05) is 0 Å². The third-order valence-corrected chi connectivity index (χ3v) is 8.39. The summed E-state index contributed by atoms with van der Waals surface area (Å²) in [6, 6.07) is 3.97. The van der Waals surface area contributed by atoms with E-state index in [2.05, 4.69) is 13.8 Å². The van der Waals surface area contributed by atoms with E-state index in [1.807, 2.05) is 30.3 Å². The smallest absolute Gasteiger partial charge is 0.135 e. The van der Waals surface area contributed by atoms with Crippen LogP contribution in [-0.2, 0) is 5.41 Å². The van der Waals surface area contributed by atoms with E-state index in [4.69, 9.17) is 16.8 Å². The van der Waals surface area contributed by atoms with E-state index in [-0.39, 0.29) is 54.6 Å². The largest absolute Gasteiger partial charge is 0.456 e. The van der Waals surface area contributed by atoms with Gasteiger partial charge >= 0.3 is 0 Å². The number of hydrogen-bond acceptors (Lipinski definition) is 1. The lowest BCUT2D eigenvalue weighted by Gasteiger charge is -2.22. The topological polar surface area (TPSA) is 13.1 Å². The Kier molecular flexibility index (Phi) is 2.66. The van der Waals surface area contributed by atoms with E-state index < -0.39 is 102 Å². The summed E-state index contributed by atoms with van der Waals surface area (Å²) in [5.74, 6) is 0. The van der Waals surface area contributed by atoms with Gasteiger partial charge in [0.25, 0.3) is 0 Å². The lowest BCUT2D eigenvalue weighted by atomic mass is 9.80. The molecule has 0 saturated carbocycles. The van der Waals surface area contributed by atoms with Crippen LogP contribution in [0, 0.1) is 0 Å². The average Bonchev–Trinajstić information content (AvgIpc) is 3.71. The molecule has 1 aromatic heterocycles. The van der Waals surface area contributed by atoms with Crippen LogP contribution in [0.4, 0.5) is 0 Å². The van der Waals surface area contributed by atoms with Crippen molar-refractivity contribution < 1.29 is 25.0 Å². The van der Waals surface area contributed by atoms with Crippen LogP contribution in [0.15, 0.2) is 138 Å². The predicted molar refractivity (Wildman–Crippen MR) is 177 cm³/mol. The SMILES string of the molecule is [2H]c1c([2H])c([2H])c2c(oc3c([2H])c([2H])c(-c4c5c([2H])c([2H])c([2H])c([2H])c5c(-c5cccc6c5-c5ccccc5C6(C)C)c5c([2H])c([2H])c([2H])c([2H])c45)c([2H])c32)c1[2H]. The van der Waals surface area contributed by atoms with E-state index in [0.717, 1.165) is 16.7 Å². The summed E-state index contributed by atoms with van der Waals surface area (Å²) in [6.45, 7) is 4.11. The van der Waals surface area contributed by atoms with Gasteiger partial charge < -0.3 is 4.42 Å². The molecule has 198 valence electrons. The zero-order valence-corrected chi connectivity index (χ0v) is 22.4. The monoisotopic (exact) mass is 551 g/mol. The molecule has 1 nitrogen and oxygen atoms in total. The van der Waals surface area contributed by atoms with Gasteiger partial charge in [-0.25, -0.2) is 0 Å². The normalized spacial score (nSPS) is 18.7. The highest BCUT2D eigenvalue weighted by atomic mass is 16.3. The van der Waals surface area contributed by atoms with Gasteiger partial charge in [0.15, 0.2) is 0 Å². The molecule has 0 unspecified atom stereocenters. The molecular weight excluding hydrogens is 508 g/mol. The van der Waals surface area contributed by atoms with Crippen molar-refractivity contribution in [1.29, 1.82) is 0 Å². The highest BCUT2D eigenvalue weighted by molar-refractivity contribution is 6.23. The molecule has 0 bridgehead atoms. The van der Waals surface area contributed by atoms with Crippen molar-refractivity contribution in [3.8, 4) is 33.4 Å². The second-order valence-corrected chi connectivity index (χ2v) is 10.9. The minimum Gasteiger partial charge on any atom is -0.456 e. The Balaban J connectivity index is 1.61. The second kappa shape index (κ2) is 8.44. The molecule has 0 radical (unpaired) electrons. The van der Waals surface area contributed by atoms with Crippen molar-refractivity contribution in [3.05, 3.63) is 144 Å². The Hall–Kier alpha value is -5.14. The first-order valence-electron chi connectivity index (χ1n) is 21.0.